The van der Waals surface area contributed by atoms with Gasteiger partial charge in [-0.15, -0.1) is 0 Å². The number of aryl methyl sites for hydroxylation is 1. The lowest BCUT2D eigenvalue weighted by molar-refractivity contribution is -0.122. The van der Waals surface area contributed by atoms with E-state index >= 15 is 0 Å². The summed E-state index contributed by atoms with van der Waals surface area (Å²) < 4.78 is 38.8. The lowest BCUT2D eigenvalue weighted by Crippen LogP contribution is -2.49. The van der Waals surface area contributed by atoms with Gasteiger partial charge in [0.25, 0.3) is 0 Å². The molecule has 0 saturated carbocycles. The number of carbonyl (C=O) groups is 1. The van der Waals surface area contributed by atoms with Crippen molar-refractivity contribution in [1.82, 2.24) is 5.32 Å². The zero-order valence-electron chi connectivity index (χ0n) is 15.1. The second kappa shape index (κ2) is 8.31. The maximum Gasteiger partial charge on any atom is 0.244 e. The van der Waals surface area contributed by atoms with Crippen LogP contribution < -0.4 is 9.62 Å². The fourth-order valence-corrected chi connectivity index (χ4v) is 3.87. The van der Waals surface area contributed by atoms with Crippen molar-refractivity contribution < 1.29 is 17.6 Å². The number of benzene rings is 2. The van der Waals surface area contributed by atoms with Crippen LogP contribution in [0.25, 0.3) is 0 Å². The van der Waals surface area contributed by atoms with E-state index in [9.17, 15) is 17.6 Å². The first-order valence-electron chi connectivity index (χ1n) is 8.30. The molecule has 0 aliphatic heterocycles. The molecule has 0 aliphatic rings. The second-order valence-electron chi connectivity index (χ2n) is 6.16. The molecule has 0 bridgehead atoms. The summed E-state index contributed by atoms with van der Waals surface area (Å²) in [6.45, 7) is 3.86. The quantitative estimate of drug-likeness (QED) is 0.805. The molecule has 26 heavy (non-hydrogen) atoms. The molecule has 2 rings (SSSR count). The van der Waals surface area contributed by atoms with Gasteiger partial charge in [0.05, 0.1) is 11.9 Å². The van der Waals surface area contributed by atoms with Crippen LogP contribution in [0.3, 0.4) is 0 Å². The van der Waals surface area contributed by atoms with Gasteiger partial charge in [-0.2, -0.15) is 0 Å². The van der Waals surface area contributed by atoms with Crippen LogP contribution in [-0.2, 0) is 21.4 Å². The van der Waals surface area contributed by atoms with Gasteiger partial charge in [-0.25, -0.2) is 12.8 Å². The van der Waals surface area contributed by atoms with E-state index in [4.69, 9.17) is 0 Å². The Morgan fingerprint density at radius 1 is 1.12 bits per heavy atom. The monoisotopic (exact) mass is 378 g/mol. The van der Waals surface area contributed by atoms with Crippen LogP contribution in [0.5, 0.6) is 0 Å². The number of anilines is 1. The van der Waals surface area contributed by atoms with Crippen molar-refractivity contribution >= 4 is 21.6 Å². The Bertz CT molecular complexity index is 849. The normalized spacial score (nSPS) is 12.5. The molecule has 0 spiro atoms. The lowest BCUT2D eigenvalue weighted by atomic mass is 10.1. The molecule has 0 saturated heterocycles. The van der Waals surface area contributed by atoms with Crippen molar-refractivity contribution in [2.75, 3.05) is 10.6 Å². The van der Waals surface area contributed by atoms with E-state index in [1.807, 2.05) is 6.92 Å². The van der Waals surface area contributed by atoms with Crippen LogP contribution in [0.2, 0.25) is 0 Å². The molecule has 1 N–H and O–H groups in total. The minimum absolute atomic E-state index is 0.196. The van der Waals surface area contributed by atoms with Gasteiger partial charge in [0.15, 0.2) is 0 Å². The molecule has 7 heteroatoms. The first kappa shape index (κ1) is 19.9. The van der Waals surface area contributed by atoms with Crippen LogP contribution in [0.4, 0.5) is 10.1 Å². The number of halogens is 1. The fraction of sp³-hybridized carbons (Fsp3) is 0.316. The van der Waals surface area contributed by atoms with Gasteiger partial charge < -0.3 is 5.32 Å². The third-order valence-corrected chi connectivity index (χ3v) is 5.18. The first-order chi connectivity index (χ1) is 12.2. The summed E-state index contributed by atoms with van der Waals surface area (Å²) in [5.41, 5.74) is 2.17. The zero-order valence-corrected chi connectivity index (χ0v) is 15.9. The molecule has 0 radical (unpaired) electrons. The van der Waals surface area contributed by atoms with Gasteiger partial charge in [-0.1, -0.05) is 36.8 Å². The summed E-state index contributed by atoms with van der Waals surface area (Å²) in [5, 5.41) is 2.74. The fourth-order valence-electron chi connectivity index (χ4n) is 2.66. The smallest absolute Gasteiger partial charge is 0.244 e. The molecular formula is C19H23FN2O3S. The van der Waals surface area contributed by atoms with Crippen LogP contribution in [-0.4, -0.2) is 26.6 Å². The number of rotatable bonds is 7. The highest BCUT2D eigenvalue weighted by Crippen LogP contribution is 2.23. The predicted octanol–water partition coefficient (Wildman–Crippen LogP) is 3.00. The van der Waals surface area contributed by atoms with Gasteiger partial charge in [0, 0.05) is 6.54 Å². The highest BCUT2D eigenvalue weighted by Gasteiger charge is 2.31. The molecule has 2 aromatic carbocycles. The van der Waals surface area contributed by atoms with E-state index < -0.39 is 22.0 Å². The number of nitrogens with one attached hydrogen (secondary N) is 1. The average Bonchev–Trinajstić information content (AvgIpc) is 2.59. The third kappa shape index (κ3) is 5.05. The summed E-state index contributed by atoms with van der Waals surface area (Å²) in [4.78, 5) is 12.7. The average molecular weight is 378 g/mol. The molecule has 1 amide bonds. The minimum atomic E-state index is -3.65. The zero-order chi connectivity index (χ0) is 19.3. The lowest BCUT2D eigenvalue weighted by Gasteiger charge is -2.30. The Kier molecular flexibility index (Phi) is 6.37. The van der Waals surface area contributed by atoms with Gasteiger partial charge in [-0.05, 0) is 43.2 Å². The predicted molar refractivity (Wildman–Crippen MR) is 101 cm³/mol. The van der Waals surface area contributed by atoms with Gasteiger partial charge in [0.1, 0.15) is 11.9 Å². The van der Waals surface area contributed by atoms with Crippen LogP contribution in [0.15, 0.2) is 48.5 Å². The van der Waals surface area contributed by atoms with Crippen LogP contribution in [0.1, 0.15) is 24.5 Å². The van der Waals surface area contributed by atoms with Crippen LogP contribution >= 0.6 is 0 Å². The Morgan fingerprint density at radius 2 is 1.69 bits per heavy atom. The summed E-state index contributed by atoms with van der Waals surface area (Å²) >= 11 is 0. The van der Waals surface area contributed by atoms with Crippen molar-refractivity contribution in [3.8, 4) is 0 Å². The Balaban J connectivity index is 2.22. The highest BCUT2D eigenvalue weighted by atomic mass is 32.2. The van der Waals surface area contributed by atoms with E-state index in [1.165, 1.54) is 12.1 Å². The molecule has 140 valence electrons. The summed E-state index contributed by atoms with van der Waals surface area (Å²) in [6, 6.07) is 11.9. The number of hydrogen-bond acceptors (Lipinski definition) is 3. The van der Waals surface area contributed by atoms with Crippen molar-refractivity contribution in [2.45, 2.75) is 32.9 Å². The molecule has 2 aromatic rings. The SMILES string of the molecule is CCC(C(=O)NCc1ccc(F)cc1)N(c1ccc(C)cc1)S(C)(=O)=O. The highest BCUT2D eigenvalue weighted by molar-refractivity contribution is 7.92. The molecule has 5 nitrogen and oxygen atoms in total. The Hall–Kier alpha value is -2.41. The van der Waals surface area contributed by atoms with E-state index in [1.54, 1.807) is 43.3 Å². The third-order valence-electron chi connectivity index (χ3n) is 4.00. The van der Waals surface area contributed by atoms with Crippen molar-refractivity contribution in [3.05, 3.63) is 65.5 Å². The second-order valence-corrected chi connectivity index (χ2v) is 8.02. The molecule has 0 aromatic heterocycles. The number of nitrogens with zero attached hydrogens (tertiary/aromatic N) is 1. The van der Waals surface area contributed by atoms with Crippen molar-refractivity contribution in [3.63, 3.8) is 0 Å². The molecule has 0 fully saturated rings. The van der Waals surface area contributed by atoms with Gasteiger partial charge >= 0.3 is 0 Å². The maximum absolute atomic E-state index is 13.0. The van der Waals surface area contributed by atoms with Crippen LogP contribution in [0, 0.1) is 12.7 Å². The number of carbonyl (C=O) groups excluding carboxylic acids is 1. The number of sulfonamides is 1. The molecule has 0 aliphatic carbocycles. The van der Waals surface area contributed by atoms with Crippen molar-refractivity contribution in [2.24, 2.45) is 0 Å². The van der Waals surface area contributed by atoms with Gasteiger partial charge in [-0.3, -0.25) is 9.10 Å². The van der Waals surface area contributed by atoms with E-state index in [0.717, 1.165) is 21.7 Å². The van der Waals surface area contributed by atoms with E-state index in [0.29, 0.717) is 12.1 Å². The Morgan fingerprint density at radius 3 is 2.19 bits per heavy atom. The molecule has 1 atom stereocenters. The maximum atomic E-state index is 13.0. The van der Waals surface area contributed by atoms with E-state index in [2.05, 4.69) is 5.32 Å². The Labute approximate surface area is 153 Å². The molecule has 0 heterocycles. The van der Waals surface area contributed by atoms with Gasteiger partial charge in [0.2, 0.25) is 15.9 Å². The summed E-state index contributed by atoms with van der Waals surface area (Å²) in [5.74, 6) is -0.753. The number of amides is 1. The first-order valence-corrected chi connectivity index (χ1v) is 10.2. The van der Waals surface area contributed by atoms with E-state index in [-0.39, 0.29) is 12.4 Å². The summed E-state index contributed by atoms with van der Waals surface area (Å²) in [6.07, 6.45) is 1.40. The minimum Gasteiger partial charge on any atom is -0.350 e. The standard InChI is InChI=1S/C19H23FN2O3S/c1-4-18(19(23)21-13-15-7-9-16(20)10-8-15)22(26(3,24)25)17-11-5-14(2)6-12-17/h5-12,18H,4,13H2,1-3H3,(H,21,23). The van der Waals surface area contributed by atoms with Crippen molar-refractivity contribution in [1.29, 1.82) is 0 Å². The topological polar surface area (TPSA) is 66.5 Å². The number of hydrogen-bond donors (Lipinski definition) is 1. The molecule has 1 unspecified atom stereocenters. The molecular weight excluding hydrogens is 355 g/mol. The largest absolute Gasteiger partial charge is 0.350 e. The summed E-state index contributed by atoms with van der Waals surface area (Å²) in [7, 11) is -3.65.